The van der Waals surface area contributed by atoms with Crippen LogP contribution in [0.1, 0.15) is 24.4 Å². The van der Waals surface area contributed by atoms with E-state index in [9.17, 15) is 0 Å². The van der Waals surface area contributed by atoms with Gasteiger partial charge in [-0.15, -0.1) is 0 Å². The summed E-state index contributed by atoms with van der Waals surface area (Å²) in [4.78, 5) is 0. The topological polar surface area (TPSA) is 38.0 Å². The lowest BCUT2D eigenvalue weighted by Gasteiger charge is -2.29. The molecule has 1 saturated heterocycles. The third-order valence-electron chi connectivity index (χ3n) is 4.07. The fraction of sp³-hybridized carbons (Fsp3) is 0.375. The predicted octanol–water partition coefficient (Wildman–Crippen LogP) is 2.84. The van der Waals surface area contributed by atoms with Crippen molar-refractivity contribution < 1.29 is 0 Å². The summed E-state index contributed by atoms with van der Waals surface area (Å²) in [7, 11) is 0. The van der Waals surface area contributed by atoms with E-state index in [1.807, 2.05) is 0 Å². The lowest BCUT2D eigenvalue weighted by molar-refractivity contribution is 0.323. The van der Waals surface area contributed by atoms with Gasteiger partial charge in [0, 0.05) is 6.04 Å². The van der Waals surface area contributed by atoms with E-state index in [4.69, 9.17) is 5.73 Å². The Labute approximate surface area is 108 Å². The maximum absolute atomic E-state index is 6.51. The van der Waals surface area contributed by atoms with Gasteiger partial charge >= 0.3 is 0 Å². The smallest absolute Gasteiger partial charge is 0.0330 e. The van der Waals surface area contributed by atoms with Crippen LogP contribution in [-0.2, 0) is 0 Å². The number of rotatable bonds is 2. The fourth-order valence-corrected chi connectivity index (χ4v) is 3.00. The molecule has 2 heteroatoms. The van der Waals surface area contributed by atoms with E-state index in [2.05, 4.69) is 47.8 Å². The first kappa shape index (κ1) is 11.7. The van der Waals surface area contributed by atoms with Crippen molar-refractivity contribution in [1.29, 1.82) is 0 Å². The molecule has 1 atom stereocenters. The van der Waals surface area contributed by atoms with Crippen molar-refractivity contribution in [2.45, 2.75) is 18.9 Å². The SMILES string of the molecule is NC(c1cccc2ccccc12)C1CCNCC1. The number of nitrogens with two attached hydrogens (primary N) is 1. The third kappa shape index (κ3) is 2.14. The highest BCUT2D eigenvalue weighted by molar-refractivity contribution is 5.86. The highest BCUT2D eigenvalue weighted by Crippen LogP contribution is 2.31. The van der Waals surface area contributed by atoms with Gasteiger partial charge in [0.1, 0.15) is 0 Å². The first-order chi connectivity index (χ1) is 8.86. The van der Waals surface area contributed by atoms with Crippen LogP contribution in [-0.4, -0.2) is 13.1 Å². The number of hydrogen-bond acceptors (Lipinski definition) is 2. The van der Waals surface area contributed by atoms with Crippen LogP contribution in [0.25, 0.3) is 10.8 Å². The number of piperidine rings is 1. The van der Waals surface area contributed by atoms with Gasteiger partial charge in [0.05, 0.1) is 0 Å². The Hall–Kier alpha value is -1.38. The van der Waals surface area contributed by atoms with Crippen LogP contribution in [0.3, 0.4) is 0 Å². The van der Waals surface area contributed by atoms with E-state index in [1.165, 1.54) is 29.2 Å². The minimum absolute atomic E-state index is 0.165. The molecule has 1 aliphatic rings. The summed E-state index contributed by atoms with van der Waals surface area (Å²) < 4.78 is 0. The Kier molecular flexibility index (Phi) is 3.31. The van der Waals surface area contributed by atoms with Crippen LogP contribution in [0.15, 0.2) is 42.5 Å². The minimum atomic E-state index is 0.165. The van der Waals surface area contributed by atoms with Gasteiger partial charge in [-0.05, 0) is 48.2 Å². The molecule has 0 amide bonds. The molecule has 1 unspecified atom stereocenters. The molecule has 2 aromatic carbocycles. The Morgan fingerprint density at radius 2 is 1.72 bits per heavy atom. The summed E-state index contributed by atoms with van der Waals surface area (Å²) >= 11 is 0. The van der Waals surface area contributed by atoms with Gasteiger partial charge < -0.3 is 11.1 Å². The average Bonchev–Trinajstić information content (AvgIpc) is 2.47. The van der Waals surface area contributed by atoms with Crippen LogP contribution in [0.5, 0.6) is 0 Å². The molecule has 2 aromatic rings. The number of hydrogen-bond donors (Lipinski definition) is 2. The zero-order valence-electron chi connectivity index (χ0n) is 10.6. The standard InChI is InChI=1S/C16H20N2/c17-16(13-8-10-18-11-9-13)15-7-3-5-12-4-1-2-6-14(12)15/h1-7,13,16,18H,8-11,17H2. The van der Waals surface area contributed by atoms with Crippen LogP contribution in [0.4, 0.5) is 0 Å². The van der Waals surface area contributed by atoms with Gasteiger partial charge in [0.2, 0.25) is 0 Å². The van der Waals surface area contributed by atoms with Crippen LogP contribution < -0.4 is 11.1 Å². The Morgan fingerprint density at radius 1 is 1.00 bits per heavy atom. The molecular weight excluding hydrogens is 220 g/mol. The molecule has 0 aromatic heterocycles. The molecule has 1 heterocycles. The third-order valence-corrected chi connectivity index (χ3v) is 4.07. The fourth-order valence-electron chi connectivity index (χ4n) is 3.00. The molecule has 1 aliphatic heterocycles. The summed E-state index contributed by atoms with van der Waals surface area (Å²) in [5, 5.41) is 6.00. The van der Waals surface area contributed by atoms with Gasteiger partial charge in [-0.1, -0.05) is 42.5 Å². The van der Waals surface area contributed by atoms with Crippen molar-refractivity contribution in [1.82, 2.24) is 5.32 Å². The van der Waals surface area contributed by atoms with Gasteiger partial charge in [-0.3, -0.25) is 0 Å². The molecule has 0 saturated carbocycles. The lowest BCUT2D eigenvalue weighted by Crippen LogP contribution is -2.33. The van der Waals surface area contributed by atoms with Gasteiger partial charge in [-0.2, -0.15) is 0 Å². The zero-order valence-corrected chi connectivity index (χ0v) is 10.6. The van der Waals surface area contributed by atoms with E-state index < -0.39 is 0 Å². The lowest BCUT2D eigenvalue weighted by atomic mass is 9.85. The van der Waals surface area contributed by atoms with Gasteiger partial charge in [0.15, 0.2) is 0 Å². The van der Waals surface area contributed by atoms with E-state index >= 15 is 0 Å². The Balaban J connectivity index is 1.97. The van der Waals surface area contributed by atoms with Crippen LogP contribution in [0.2, 0.25) is 0 Å². The van der Waals surface area contributed by atoms with E-state index in [1.54, 1.807) is 0 Å². The van der Waals surface area contributed by atoms with Crippen molar-refractivity contribution in [2.24, 2.45) is 11.7 Å². The number of nitrogens with one attached hydrogen (secondary N) is 1. The molecule has 0 aliphatic carbocycles. The van der Waals surface area contributed by atoms with E-state index in [0.717, 1.165) is 13.1 Å². The first-order valence-corrected chi connectivity index (χ1v) is 6.80. The highest BCUT2D eigenvalue weighted by Gasteiger charge is 2.22. The van der Waals surface area contributed by atoms with Crippen molar-refractivity contribution in [3.05, 3.63) is 48.0 Å². The molecule has 0 radical (unpaired) electrons. The molecule has 1 fully saturated rings. The normalized spacial score (nSPS) is 18.9. The second-order valence-electron chi connectivity index (χ2n) is 5.18. The van der Waals surface area contributed by atoms with Crippen molar-refractivity contribution >= 4 is 10.8 Å². The Bertz CT molecular complexity index is 524. The van der Waals surface area contributed by atoms with Crippen molar-refractivity contribution in [3.8, 4) is 0 Å². The zero-order chi connectivity index (χ0) is 12.4. The summed E-state index contributed by atoms with van der Waals surface area (Å²) in [5.74, 6) is 0.608. The largest absolute Gasteiger partial charge is 0.324 e. The summed E-state index contributed by atoms with van der Waals surface area (Å²) in [6.45, 7) is 2.20. The molecule has 94 valence electrons. The van der Waals surface area contributed by atoms with Crippen LogP contribution in [0, 0.1) is 5.92 Å². The second kappa shape index (κ2) is 5.09. The number of fused-ring (bicyclic) bond motifs is 1. The molecule has 18 heavy (non-hydrogen) atoms. The first-order valence-electron chi connectivity index (χ1n) is 6.80. The van der Waals surface area contributed by atoms with Gasteiger partial charge in [-0.25, -0.2) is 0 Å². The molecular formula is C16H20N2. The minimum Gasteiger partial charge on any atom is -0.324 e. The average molecular weight is 240 g/mol. The summed E-state index contributed by atoms with van der Waals surface area (Å²) in [6, 6.07) is 15.2. The van der Waals surface area contributed by atoms with Gasteiger partial charge in [0.25, 0.3) is 0 Å². The van der Waals surface area contributed by atoms with E-state index in [0.29, 0.717) is 5.92 Å². The van der Waals surface area contributed by atoms with Crippen molar-refractivity contribution in [3.63, 3.8) is 0 Å². The molecule has 0 spiro atoms. The maximum Gasteiger partial charge on any atom is 0.0330 e. The quantitative estimate of drug-likeness (QED) is 0.847. The Morgan fingerprint density at radius 3 is 2.56 bits per heavy atom. The summed E-state index contributed by atoms with van der Waals surface area (Å²) in [6.07, 6.45) is 2.37. The number of benzene rings is 2. The highest BCUT2D eigenvalue weighted by atomic mass is 14.9. The van der Waals surface area contributed by atoms with Crippen LogP contribution >= 0.6 is 0 Å². The second-order valence-corrected chi connectivity index (χ2v) is 5.18. The summed E-state index contributed by atoms with van der Waals surface area (Å²) in [5.41, 5.74) is 7.81. The van der Waals surface area contributed by atoms with Crippen molar-refractivity contribution in [2.75, 3.05) is 13.1 Å². The monoisotopic (exact) mass is 240 g/mol. The molecule has 0 bridgehead atoms. The molecule has 3 rings (SSSR count). The van der Waals surface area contributed by atoms with E-state index in [-0.39, 0.29) is 6.04 Å². The molecule has 3 N–H and O–H groups in total. The predicted molar refractivity (Wildman–Crippen MR) is 76.5 cm³/mol. The maximum atomic E-state index is 6.51. The molecule has 2 nitrogen and oxygen atoms in total.